The Kier molecular flexibility index (Phi) is 3.80. The molecule has 1 aromatic heterocycles. The molecule has 0 aliphatic carbocycles. The van der Waals surface area contributed by atoms with Crippen LogP contribution in [0.4, 0.5) is 17.6 Å². The molecule has 0 saturated carbocycles. The lowest BCUT2D eigenvalue weighted by Gasteiger charge is -2.11. The van der Waals surface area contributed by atoms with Gasteiger partial charge in [-0.15, -0.1) is 0 Å². The molecular formula is C14H8F4N2O. The molecule has 7 heteroatoms. The fraction of sp³-hybridized carbons (Fsp3) is 0.143. The van der Waals surface area contributed by atoms with E-state index in [0.29, 0.717) is 17.8 Å². The molecule has 0 radical (unpaired) electrons. The molecule has 3 nitrogen and oxygen atoms in total. The zero-order valence-electron chi connectivity index (χ0n) is 10.7. The molecule has 1 heterocycles. The van der Waals surface area contributed by atoms with Gasteiger partial charge in [-0.05, 0) is 31.2 Å². The molecule has 0 N–H and O–H groups in total. The van der Waals surface area contributed by atoms with Crippen LogP contribution in [0.1, 0.15) is 16.8 Å². The van der Waals surface area contributed by atoms with Crippen LogP contribution in [0.25, 0.3) is 0 Å². The van der Waals surface area contributed by atoms with Gasteiger partial charge in [-0.1, -0.05) is 0 Å². The van der Waals surface area contributed by atoms with Crippen LogP contribution >= 0.6 is 0 Å². The minimum atomic E-state index is -4.82. The maximum atomic E-state index is 13.2. The van der Waals surface area contributed by atoms with Crippen LogP contribution in [0.15, 0.2) is 30.3 Å². The summed E-state index contributed by atoms with van der Waals surface area (Å²) in [7, 11) is 0. The second-order valence-corrected chi connectivity index (χ2v) is 4.19. The summed E-state index contributed by atoms with van der Waals surface area (Å²) < 4.78 is 56.1. The lowest BCUT2D eigenvalue weighted by molar-refractivity contribution is -0.140. The lowest BCUT2D eigenvalue weighted by Crippen LogP contribution is -2.08. The predicted octanol–water partition coefficient (Wildman–Crippen LogP) is 4.21. The minimum absolute atomic E-state index is 0.0358. The van der Waals surface area contributed by atoms with E-state index in [4.69, 9.17) is 10.00 Å². The topological polar surface area (TPSA) is 45.9 Å². The van der Waals surface area contributed by atoms with Crippen molar-refractivity contribution in [2.24, 2.45) is 0 Å². The first-order valence-electron chi connectivity index (χ1n) is 5.73. The standard InChI is InChI=1S/C14H8F4N2O/c1-8-4-9(7-19)5-13(20-8)21-10-2-3-12(15)11(6-10)14(16,17)18/h2-6H,1H3. The number of ether oxygens (including phenoxy) is 1. The van der Waals surface area contributed by atoms with Crippen LogP contribution in [-0.2, 0) is 6.18 Å². The number of nitrogens with zero attached hydrogens (tertiary/aromatic N) is 2. The maximum absolute atomic E-state index is 13.2. The van der Waals surface area contributed by atoms with Crippen LogP contribution in [-0.4, -0.2) is 4.98 Å². The number of rotatable bonds is 2. The third-order valence-corrected chi connectivity index (χ3v) is 2.52. The summed E-state index contributed by atoms with van der Waals surface area (Å²) in [4.78, 5) is 3.94. The van der Waals surface area contributed by atoms with Gasteiger partial charge in [-0.2, -0.15) is 18.4 Å². The van der Waals surface area contributed by atoms with Crippen LogP contribution in [0.5, 0.6) is 11.6 Å². The van der Waals surface area contributed by atoms with Crippen molar-refractivity contribution >= 4 is 0 Å². The van der Waals surface area contributed by atoms with Crippen LogP contribution in [0.3, 0.4) is 0 Å². The van der Waals surface area contributed by atoms with Crippen LogP contribution in [0, 0.1) is 24.1 Å². The Bertz CT molecular complexity index is 720. The number of pyridine rings is 1. The molecule has 0 aliphatic heterocycles. The smallest absolute Gasteiger partial charge is 0.419 e. The van der Waals surface area contributed by atoms with Crippen molar-refractivity contribution in [1.82, 2.24) is 4.98 Å². The van der Waals surface area contributed by atoms with Gasteiger partial charge in [0.25, 0.3) is 0 Å². The number of aromatic nitrogens is 1. The quantitative estimate of drug-likeness (QED) is 0.780. The summed E-state index contributed by atoms with van der Waals surface area (Å²) in [6.45, 7) is 1.61. The van der Waals surface area contributed by atoms with E-state index < -0.39 is 17.6 Å². The van der Waals surface area contributed by atoms with Gasteiger partial charge in [-0.25, -0.2) is 9.37 Å². The molecule has 0 saturated heterocycles. The normalized spacial score (nSPS) is 11.0. The van der Waals surface area contributed by atoms with Gasteiger partial charge in [0.1, 0.15) is 11.6 Å². The Balaban J connectivity index is 2.37. The van der Waals surface area contributed by atoms with Gasteiger partial charge in [0.2, 0.25) is 5.88 Å². The van der Waals surface area contributed by atoms with E-state index in [2.05, 4.69) is 4.98 Å². The largest absolute Gasteiger partial charge is 0.439 e. The number of hydrogen-bond acceptors (Lipinski definition) is 3. The van der Waals surface area contributed by atoms with E-state index in [0.717, 1.165) is 6.07 Å². The number of alkyl halides is 3. The molecule has 0 atom stereocenters. The van der Waals surface area contributed by atoms with Crippen molar-refractivity contribution in [3.63, 3.8) is 0 Å². The highest BCUT2D eigenvalue weighted by Crippen LogP contribution is 2.34. The lowest BCUT2D eigenvalue weighted by atomic mass is 10.2. The molecule has 108 valence electrons. The average molecular weight is 296 g/mol. The molecule has 1 aromatic carbocycles. The van der Waals surface area contributed by atoms with E-state index in [-0.39, 0.29) is 17.2 Å². The molecular weight excluding hydrogens is 288 g/mol. The monoisotopic (exact) mass is 296 g/mol. The summed E-state index contributed by atoms with van der Waals surface area (Å²) in [6.07, 6.45) is -4.82. The second-order valence-electron chi connectivity index (χ2n) is 4.19. The first-order valence-corrected chi connectivity index (χ1v) is 5.73. The van der Waals surface area contributed by atoms with Gasteiger partial charge in [0.05, 0.1) is 17.2 Å². The van der Waals surface area contributed by atoms with Gasteiger partial charge in [-0.3, -0.25) is 0 Å². The zero-order chi connectivity index (χ0) is 15.6. The van der Waals surface area contributed by atoms with Crippen LogP contribution in [0.2, 0.25) is 0 Å². The van der Waals surface area contributed by atoms with Crippen molar-refractivity contribution in [3.05, 3.63) is 53.0 Å². The van der Waals surface area contributed by atoms with E-state index in [1.807, 2.05) is 6.07 Å². The Morgan fingerprint density at radius 1 is 1.19 bits per heavy atom. The van der Waals surface area contributed by atoms with Gasteiger partial charge in [0.15, 0.2) is 0 Å². The third kappa shape index (κ3) is 3.48. The number of halogens is 4. The van der Waals surface area contributed by atoms with E-state index >= 15 is 0 Å². The van der Waals surface area contributed by atoms with Gasteiger partial charge < -0.3 is 4.74 Å². The number of benzene rings is 1. The third-order valence-electron chi connectivity index (χ3n) is 2.52. The zero-order valence-corrected chi connectivity index (χ0v) is 10.7. The van der Waals surface area contributed by atoms with Crippen molar-refractivity contribution < 1.29 is 22.3 Å². The van der Waals surface area contributed by atoms with Crippen LogP contribution < -0.4 is 4.74 Å². The highest BCUT2D eigenvalue weighted by molar-refractivity contribution is 5.38. The predicted molar refractivity (Wildman–Crippen MR) is 65.2 cm³/mol. The molecule has 0 amide bonds. The molecule has 2 aromatic rings. The molecule has 0 bridgehead atoms. The summed E-state index contributed by atoms with van der Waals surface area (Å²) in [6, 6.07) is 6.93. The Labute approximate surface area is 117 Å². The highest BCUT2D eigenvalue weighted by atomic mass is 19.4. The Hall–Kier alpha value is -2.62. The molecule has 2 rings (SSSR count). The Morgan fingerprint density at radius 3 is 2.52 bits per heavy atom. The first-order chi connectivity index (χ1) is 9.79. The first kappa shape index (κ1) is 14.8. The van der Waals surface area contributed by atoms with Gasteiger partial charge in [0, 0.05) is 11.8 Å². The summed E-state index contributed by atoms with van der Waals surface area (Å²) in [5, 5.41) is 8.81. The van der Waals surface area contributed by atoms with Crippen molar-refractivity contribution in [2.75, 3.05) is 0 Å². The maximum Gasteiger partial charge on any atom is 0.419 e. The molecule has 0 spiro atoms. The molecule has 0 aliphatic rings. The molecule has 21 heavy (non-hydrogen) atoms. The minimum Gasteiger partial charge on any atom is -0.439 e. The van der Waals surface area contributed by atoms with Gasteiger partial charge >= 0.3 is 6.18 Å². The highest BCUT2D eigenvalue weighted by Gasteiger charge is 2.34. The van der Waals surface area contributed by atoms with Crippen molar-refractivity contribution in [1.29, 1.82) is 5.26 Å². The number of hydrogen-bond donors (Lipinski definition) is 0. The average Bonchev–Trinajstić information content (AvgIpc) is 2.39. The van der Waals surface area contributed by atoms with Crippen molar-refractivity contribution in [2.45, 2.75) is 13.1 Å². The van der Waals surface area contributed by atoms with E-state index in [1.54, 1.807) is 6.92 Å². The summed E-state index contributed by atoms with van der Waals surface area (Å²) in [5.74, 6) is -1.64. The van der Waals surface area contributed by atoms with E-state index in [1.165, 1.54) is 12.1 Å². The molecule has 0 unspecified atom stereocenters. The Morgan fingerprint density at radius 2 is 1.90 bits per heavy atom. The van der Waals surface area contributed by atoms with E-state index in [9.17, 15) is 17.6 Å². The fourth-order valence-electron chi connectivity index (χ4n) is 1.66. The summed E-state index contributed by atoms with van der Waals surface area (Å²) in [5.41, 5.74) is -0.689. The molecule has 0 fully saturated rings. The number of nitriles is 1. The summed E-state index contributed by atoms with van der Waals surface area (Å²) >= 11 is 0. The second kappa shape index (κ2) is 5.40. The fourth-order valence-corrected chi connectivity index (χ4v) is 1.66. The number of aryl methyl sites for hydroxylation is 1. The van der Waals surface area contributed by atoms with Crippen molar-refractivity contribution in [3.8, 4) is 17.7 Å². The SMILES string of the molecule is Cc1cc(C#N)cc(Oc2ccc(F)c(C(F)(F)F)c2)n1.